The number of nitrogens with one attached hydrogen (secondary N) is 1. The van der Waals surface area contributed by atoms with E-state index in [1.54, 1.807) is 11.1 Å². The Bertz CT molecular complexity index is 343. The third-order valence-electron chi connectivity index (χ3n) is 3.73. The van der Waals surface area contributed by atoms with Crippen LogP contribution in [0, 0.1) is 5.92 Å². The molecule has 94 valence electrons. The Morgan fingerprint density at radius 2 is 2.06 bits per heavy atom. The summed E-state index contributed by atoms with van der Waals surface area (Å²) in [6.45, 7) is 5.74. The molecule has 0 amide bonds. The highest BCUT2D eigenvalue weighted by molar-refractivity contribution is 5.31. The standard InChI is InChI=1S/C16H25N/c1-13(2)11-12-17-16-10-6-4-8-14-7-3-5-9-15(14)16/h3,5,7,9,13,16-17H,4,6,8,10-12H2,1-2H3. The van der Waals surface area contributed by atoms with Crippen molar-refractivity contribution in [3.8, 4) is 0 Å². The van der Waals surface area contributed by atoms with Gasteiger partial charge in [-0.2, -0.15) is 0 Å². The molecular formula is C16H25N. The monoisotopic (exact) mass is 231 g/mol. The first-order chi connectivity index (χ1) is 8.27. The molecule has 1 N–H and O–H groups in total. The minimum atomic E-state index is 0.590. The Balaban J connectivity index is 2.01. The Hall–Kier alpha value is -0.820. The van der Waals surface area contributed by atoms with Crippen molar-refractivity contribution in [2.24, 2.45) is 5.92 Å². The molecule has 1 atom stereocenters. The van der Waals surface area contributed by atoms with Gasteiger partial charge in [0.05, 0.1) is 0 Å². The Labute approximate surface area is 106 Å². The van der Waals surface area contributed by atoms with E-state index in [0.29, 0.717) is 6.04 Å². The van der Waals surface area contributed by atoms with E-state index in [0.717, 1.165) is 12.5 Å². The van der Waals surface area contributed by atoms with Gasteiger partial charge in [-0.15, -0.1) is 0 Å². The molecule has 2 rings (SSSR count). The van der Waals surface area contributed by atoms with Crippen molar-refractivity contribution in [2.75, 3.05) is 6.54 Å². The zero-order valence-electron chi connectivity index (χ0n) is 11.2. The Morgan fingerprint density at radius 3 is 2.88 bits per heavy atom. The summed E-state index contributed by atoms with van der Waals surface area (Å²) in [4.78, 5) is 0. The lowest BCUT2D eigenvalue weighted by molar-refractivity contribution is 0.454. The summed E-state index contributed by atoms with van der Waals surface area (Å²) in [5, 5.41) is 3.75. The highest BCUT2D eigenvalue weighted by atomic mass is 14.9. The minimum Gasteiger partial charge on any atom is -0.310 e. The largest absolute Gasteiger partial charge is 0.310 e. The quantitative estimate of drug-likeness (QED) is 0.770. The fourth-order valence-corrected chi connectivity index (χ4v) is 2.68. The van der Waals surface area contributed by atoms with Crippen molar-refractivity contribution >= 4 is 0 Å². The number of hydrogen-bond acceptors (Lipinski definition) is 1. The van der Waals surface area contributed by atoms with E-state index < -0.39 is 0 Å². The second-order valence-electron chi connectivity index (χ2n) is 5.63. The molecule has 1 heteroatoms. The van der Waals surface area contributed by atoms with E-state index in [2.05, 4.69) is 43.4 Å². The molecule has 0 heterocycles. The summed E-state index contributed by atoms with van der Waals surface area (Å²) in [7, 11) is 0. The molecule has 0 aromatic heterocycles. The highest BCUT2D eigenvalue weighted by Gasteiger charge is 2.17. The number of aryl methyl sites for hydroxylation is 1. The summed E-state index contributed by atoms with van der Waals surface area (Å²) in [5.41, 5.74) is 3.11. The van der Waals surface area contributed by atoms with Crippen LogP contribution < -0.4 is 5.32 Å². The molecule has 0 bridgehead atoms. The van der Waals surface area contributed by atoms with Gasteiger partial charge in [0.25, 0.3) is 0 Å². The molecule has 0 aliphatic heterocycles. The van der Waals surface area contributed by atoms with Gasteiger partial charge in [-0.25, -0.2) is 0 Å². The third-order valence-corrected chi connectivity index (χ3v) is 3.73. The lowest BCUT2D eigenvalue weighted by Gasteiger charge is -2.20. The van der Waals surface area contributed by atoms with Crippen LogP contribution >= 0.6 is 0 Å². The molecule has 1 aromatic rings. The predicted octanol–water partition coefficient (Wildman–Crippen LogP) is 4.09. The maximum Gasteiger partial charge on any atom is 0.0322 e. The van der Waals surface area contributed by atoms with Crippen LogP contribution in [0.1, 0.15) is 56.7 Å². The smallest absolute Gasteiger partial charge is 0.0322 e. The number of rotatable bonds is 4. The summed E-state index contributed by atoms with van der Waals surface area (Å²) in [5.74, 6) is 0.795. The zero-order chi connectivity index (χ0) is 12.1. The molecular weight excluding hydrogens is 206 g/mol. The molecule has 0 saturated carbocycles. The van der Waals surface area contributed by atoms with Gasteiger partial charge in [-0.05, 0) is 49.3 Å². The van der Waals surface area contributed by atoms with E-state index in [1.807, 2.05) is 0 Å². The summed E-state index contributed by atoms with van der Waals surface area (Å²) >= 11 is 0. The predicted molar refractivity (Wildman–Crippen MR) is 74.2 cm³/mol. The average Bonchev–Trinajstić information content (AvgIpc) is 2.52. The average molecular weight is 231 g/mol. The molecule has 1 aromatic carbocycles. The fraction of sp³-hybridized carbons (Fsp3) is 0.625. The molecule has 0 radical (unpaired) electrons. The second kappa shape index (κ2) is 6.20. The van der Waals surface area contributed by atoms with Crippen LogP contribution in [0.15, 0.2) is 24.3 Å². The maximum atomic E-state index is 3.75. The molecule has 1 nitrogen and oxygen atoms in total. The molecule has 17 heavy (non-hydrogen) atoms. The van der Waals surface area contributed by atoms with Crippen LogP contribution in [-0.2, 0) is 6.42 Å². The van der Waals surface area contributed by atoms with Crippen LogP contribution in [0.4, 0.5) is 0 Å². The van der Waals surface area contributed by atoms with E-state index >= 15 is 0 Å². The maximum absolute atomic E-state index is 3.75. The van der Waals surface area contributed by atoms with Crippen molar-refractivity contribution < 1.29 is 0 Å². The van der Waals surface area contributed by atoms with E-state index in [9.17, 15) is 0 Å². The molecule has 0 saturated heterocycles. The molecule has 1 unspecified atom stereocenters. The first-order valence-corrected chi connectivity index (χ1v) is 7.08. The SMILES string of the molecule is CC(C)CCNC1CCCCc2ccccc21. The highest BCUT2D eigenvalue weighted by Crippen LogP contribution is 2.28. The fourth-order valence-electron chi connectivity index (χ4n) is 2.68. The summed E-state index contributed by atoms with van der Waals surface area (Å²) in [6.07, 6.45) is 6.54. The summed E-state index contributed by atoms with van der Waals surface area (Å²) < 4.78 is 0. The number of benzene rings is 1. The van der Waals surface area contributed by atoms with E-state index in [4.69, 9.17) is 0 Å². The summed E-state index contributed by atoms with van der Waals surface area (Å²) in [6, 6.07) is 9.56. The molecule has 1 aliphatic rings. The van der Waals surface area contributed by atoms with E-state index in [1.165, 1.54) is 32.1 Å². The van der Waals surface area contributed by atoms with Crippen LogP contribution in [0.2, 0.25) is 0 Å². The topological polar surface area (TPSA) is 12.0 Å². The van der Waals surface area contributed by atoms with Crippen molar-refractivity contribution in [1.29, 1.82) is 0 Å². The van der Waals surface area contributed by atoms with Gasteiger partial charge >= 0.3 is 0 Å². The lowest BCUT2D eigenvalue weighted by Crippen LogP contribution is -2.23. The van der Waals surface area contributed by atoms with Gasteiger partial charge < -0.3 is 5.32 Å². The van der Waals surface area contributed by atoms with Crippen molar-refractivity contribution in [2.45, 2.75) is 52.0 Å². The van der Waals surface area contributed by atoms with Gasteiger partial charge in [0.1, 0.15) is 0 Å². The van der Waals surface area contributed by atoms with Crippen LogP contribution in [0.25, 0.3) is 0 Å². The molecule has 0 fully saturated rings. The van der Waals surface area contributed by atoms with Crippen LogP contribution in [-0.4, -0.2) is 6.54 Å². The van der Waals surface area contributed by atoms with Crippen molar-refractivity contribution in [1.82, 2.24) is 5.32 Å². The van der Waals surface area contributed by atoms with Gasteiger partial charge in [0.15, 0.2) is 0 Å². The van der Waals surface area contributed by atoms with Crippen LogP contribution in [0.5, 0.6) is 0 Å². The van der Waals surface area contributed by atoms with Crippen LogP contribution in [0.3, 0.4) is 0 Å². The molecule has 0 spiro atoms. The normalized spacial score (nSPS) is 20.1. The van der Waals surface area contributed by atoms with Crippen molar-refractivity contribution in [3.63, 3.8) is 0 Å². The number of fused-ring (bicyclic) bond motifs is 1. The van der Waals surface area contributed by atoms with Gasteiger partial charge in [-0.3, -0.25) is 0 Å². The lowest BCUT2D eigenvalue weighted by atomic mass is 9.99. The van der Waals surface area contributed by atoms with Gasteiger partial charge in [0, 0.05) is 6.04 Å². The van der Waals surface area contributed by atoms with Gasteiger partial charge in [-0.1, -0.05) is 44.5 Å². The van der Waals surface area contributed by atoms with E-state index in [-0.39, 0.29) is 0 Å². The first kappa shape index (κ1) is 12.6. The second-order valence-corrected chi connectivity index (χ2v) is 5.63. The molecule has 1 aliphatic carbocycles. The Kier molecular flexibility index (Phi) is 4.61. The zero-order valence-corrected chi connectivity index (χ0v) is 11.2. The number of hydrogen-bond donors (Lipinski definition) is 1. The Morgan fingerprint density at radius 1 is 1.24 bits per heavy atom. The van der Waals surface area contributed by atoms with Gasteiger partial charge in [0.2, 0.25) is 0 Å². The van der Waals surface area contributed by atoms with Crippen molar-refractivity contribution in [3.05, 3.63) is 35.4 Å². The third kappa shape index (κ3) is 3.57. The first-order valence-electron chi connectivity index (χ1n) is 7.08. The minimum absolute atomic E-state index is 0.590.